The fourth-order valence-electron chi connectivity index (χ4n) is 2.60. The van der Waals surface area contributed by atoms with Crippen molar-refractivity contribution in [1.29, 1.82) is 0 Å². The van der Waals surface area contributed by atoms with Crippen molar-refractivity contribution in [3.63, 3.8) is 0 Å². The second-order valence-electron chi connectivity index (χ2n) is 4.91. The predicted octanol–water partition coefficient (Wildman–Crippen LogP) is 2.43. The number of ether oxygens (including phenoxy) is 2. The van der Waals surface area contributed by atoms with Crippen LogP contribution in [-0.4, -0.2) is 30.2 Å². The third-order valence-electron chi connectivity index (χ3n) is 3.68. The number of fused-ring (bicyclic) bond motifs is 1. The molecular weight excluding hydrogens is 230 g/mol. The van der Waals surface area contributed by atoms with Gasteiger partial charge in [0.15, 0.2) is 11.5 Å². The van der Waals surface area contributed by atoms with E-state index >= 15 is 0 Å². The average molecular weight is 247 g/mol. The Bertz CT molecular complexity index is 472. The van der Waals surface area contributed by atoms with E-state index in [1.54, 1.807) is 6.07 Å². The van der Waals surface area contributed by atoms with Crippen molar-refractivity contribution in [2.75, 3.05) is 13.3 Å². The molecule has 4 nitrogen and oxygen atoms in total. The van der Waals surface area contributed by atoms with Crippen molar-refractivity contribution in [1.82, 2.24) is 4.90 Å². The second kappa shape index (κ2) is 4.52. The maximum absolute atomic E-state index is 12.4. The smallest absolute Gasteiger partial charge is 0.254 e. The first-order valence-electron chi connectivity index (χ1n) is 6.46. The van der Waals surface area contributed by atoms with Gasteiger partial charge in [0.05, 0.1) is 0 Å². The van der Waals surface area contributed by atoms with E-state index in [1.807, 2.05) is 17.0 Å². The average Bonchev–Trinajstić information content (AvgIpc) is 2.85. The molecule has 2 aliphatic heterocycles. The zero-order chi connectivity index (χ0) is 12.5. The van der Waals surface area contributed by atoms with E-state index in [1.165, 1.54) is 6.42 Å². The summed E-state index contributed by atoms with van der Waals surface area (Å²) in [6.07, 6.45) is 3.41. The fourth-order valence-corrected chi connectivity index (χ4v) is 2.60. The molecule has 3 rings (SSSR count). The molecule has 0 radical (unpaired) electrons. The number of piperidine rings is 1. The molecule has 2 aliphatic rings. The lowest BCUT2D eigenvalue weighted by Crippen LogP contribution is -2.41. The minimum atomic E-state index is 0.0977. The van der Waals surface area contributed by atoms with Crippen LogP contribution in [0.5, 0.6) is 11.5 Å². The normalized spacial score (nSPS) is 22.1. The standard InChI is InChI=1S/C14H17NO3/c1-10-4-2-3-7-15(10)14(16)11-5-6-12-13(8-11)18-9-17-12/h5-6,8,10H,2-4,7,9H2,1H3/t10-/m0/s1. The lowest BCUT2D eigenvalue weighted by molar-refractivity contribution is 0.0635. The lowest BCUT2D eigenvalue weighted by atomic mass is 10.0. The topological polar surface area (TPSA) is 38.8 Å². The summed E-state index contributed by atoms with van der Waals surface area (Å²) in [5.74, 6) is 1.49. The number of amides is 1. The Morgan fingerprint density at radius 1 is 1.28 bits per heavy atom. The Morgan fingerprint density at radius 2 is 2.11 bits per heavy atom. The van der Waals surface area contributed by atoms with E-state index < -0.39 is 0 Å². The summed E-state index contributed by atoms with van der Waals surface area (Å²) in [6, 6.07) is 5.74. The van der Waals surface area contributed by atoms with Gasteiger partial charge in [0, 0.05) is 18.2 Å². The monoisotopic (exact) mass is 247 g/mol. The molecule has 4 heteroatoms. The van der Waals surface area contributed by atoms with Gasteiger partial charge in [-0.25, -0.2) is 0 Å². The molecule has 0 unspecified atom stereocenters. The van der Waals surface area contributed by atoms with Gasteiger partial charge in [-0.2, -0.15) is 0 Å². The zero-order valence-electron chi connectivity index (χ0n) is 10.5. The summed E-state index contributed by atoms with van der Waals surface area (Å²) < 4.78 is 10.6. The van der Waals surface area contributed by atoms with Crippen LogP contribution in [0.4, 0.5) is 0 Å². The number of hydrogen-bond acceptors (Lipinski definition) is 3. The van der Waals surface area contributed by atoms with E-state index in [0.29, 0.717) is 17.4 Å². The van der Waals surface area contributed by atoms with Crippen LogP contribution in [0.25, 0.3) is 0 Å². The Morgan fingerprint density at radius 3 is 2.94 bits per heavy atom. The van der Waals surface area contributed by atoms with E-state index in [0.717, 1.165) is 25.1 Å². The van der Waals surface area contributed by atoms with E-state index in [-0.39, 0.29) is 12.7 Å². The Balaban J connectivity index is 1.83. The molecule has 0 aliphatic carbocycles. The number of carbonyl (C=O) groups excluding carboxylic acids is 1. The number of hydrogen-bond donors (Lipinski definition) is 0. The van der Waals surface area contributed by atoms with Crippen molar-refractivity contribution < 1.29 is 14.3 Å². The minimum absolute atomic E-state index is 0.0977. The fraction of sp³-hybridized carbons (Fsp3) is 0.500. The first kappa shape index (κ1) is 11.4. The molecule has 2 heterocycles. The molecule has 18 heavy (non-hydrogen) atoms. The van der Waals surface area contributed by atoms with E-state index in [4.69, 9.17) is 9.47 Å². The van der Waals surface area contributed by atoms with Crippen LogP contribution < -0.4 is 9.47 Å². The molecule has 1 atom stereocenters. The lowest BCUT2D eigenvalue weighted by Gasteiger charge is -2.33. The molecule has 1 saturated heterocycles. The van der Waals surface area contributed by atoms with Gasteiger partial charge in [0.25, 0.3) is 5.91 Å². The van der Waals surface area contributed by atoms with Gasteiger partial charge in [-0.05, 0) is 44.4 Å². The van der Waals surface area contributed by atoms with Crippen LogP contribution in [0.1, 0.15) is 36.5 Å². The Hall–Kier alpha value is -1.71. The first-order valence-corrected chi connectivity index (χ1v) is 6.46. The third kappa shape index (κ3) is 1.92. The zero-order valence-corrected chi connectivity index (χ0v) is 10.5. The van der Waals surface area contributed by atoms with Crippen LogP contribution in [0.15, 0.2) is 18.2 Å². The third-order valence-corrected chi connectivity index (χ3v) is 3.68. The second-order valence-corrected chi connectivity index (χ2v) is 4.91. The number of nitrogens with zero attached hydrogens (tertiary/aromatic N) is 1. The van der Waals surface area contributed by atoms with Gasteiger partial charge >= 0.3 is 0 Å². The number of rotatable bonds is 1. The summed E-state index contributed by atoms with van der Waals surface area (Å²) in [4.78, 5) is 14.4. The Kier molecular flexibility index (Phi) is 2.86. The van der Waals surface area contributed by atoms with E-state index in [9.17, 15) is 4.79 Å². The van der Waals surface area contributed by atoms with Crippen LogP contribution in [0, 0.1) is 0 Å². The highest BCUT2D eigenvalue weighted by Gasteiger charge is 2.25. The van der Waals surface area contributed by atoms with E-state index in [2.05, 4.69) is 6.92 Å². The Labute approximate surface area is 106 Å². The van der Waals surface area contributed by atoms with Crippen molar-refractivity contribution in [2.24, 2.45) is 0 Å². The highest BCUT2D eigenvalue weighted by atomic mass is 16.7. The quantitative estimate of drug-likeness (QED) is 0.765. The van der Waals surface area contributed by atoms with Gasteiger partial charge in [-0.1, -0.05) is 0 Å². The predicted molar refractivity (Wildman–Crippen MR) is 66.9 cm³/mol. The van der Waals surface area contributed by atoms with Crippen molar-refractivity contribution in [2.45, 2.75) is 32.2 Å². The largest absolute Gasteiger partial charge is 0.454 e. The van der Waals surface area contributed by atoms with Gasteiger partial charge in [-0.15, -0.1) is 0 Å². The summed E-state index contributed by atoms with van der Waals surface area (Å²) in [7, 11) is 0. The van der Waals surface area contributed by atoms with Crippen LogP contribution in [0.3, 0.4) is 0 Å². The molecule has 1 aromatic carbocycles. The molecule has 96 valence electrons. The molecule has 1 aromatic rings. The molecular formula is C14H17NO3. The van der Waals surface area contributed by atoms with Gasteiger partial charge in [0.1, 0.15) is 0 Å². The molecule has 1 fully saturated rings. The summed E-state index contributed by atoms with van der Waals surface area (Å²) in [6.45, 7) is 3.21. The maximum Gasteiger partial charge on any atom is 0.254 e. The van der Waals surface area contributed by atoms with Crippen LogP contribution >= 0.6 is 0 Å². The van der Waals surface area contributed by atoms with Crippen molar-refractivity contribution in [3.05, 3.63) is 23.8 Å². The van der Waals surface area contributed by atoms with Crippen LogP contribution in [-0.2, 0) is 0 Å². The van der Waals surface area contributed by atoms with Gasteiger partial charge < -0.3 is 14.4 Å². The SMILES string of the molecule is C[C@H]1CCCCN1C(=O)c1ccc2c(c1)OCO2. The van der Waals surface area contributed by atoms with Crippen molar-refractivity contribution in [3.8, 4) is 11.5 Å². The highest BCUT2D eigenvalue weighted by Crippen LogP contribution is 2.33. The summed E-state index contributed by atoms with van der Waals surface area (Å²) in [5.41, 5.74) is 0.688. The molecule has 1 amide bonds. The molecule has 0 spiro atoms. The minimum Gasteiger partial charge on any atom is -0.454 e. The number of carbonyl (C=O) groups is 1. The van der Waals surface area contributed by atoms with Crippen LogP contribution in [0.2, 0.25) is 0 Å². The molecule has 0 aromatic heterocycles. The first-order chi connectivity index (χ1) is 8.75. The van der Waals surface area contributed by atoms with Gasteiger partial charge in [0.2, 0.25) is 6.79 Å². The molecule has 0 N–H and O–H groups in total. The number of likely N-dealkylation sites (tertiary alicyclic amines) is 1. The number of benzene rings is 1. The summed E-state index contributed by atoms with van der Waals surface area (Å²) in [5, 5.41) is 0. The molecule has 0 saturated carbocycles. The summed E-state index contributed by atoms with van der Waals surface area (Å²) >= 11 is 0. The molecule has 0 bridgehead atoms. The van der Waals surface area contributed by atoms with Crippen molar-refractivity contribution >= 4 is 5.91 Å². The highest BCUT2D eigenvalue weighted by molar-refractivity contribution is 5.95. The van der Waals surface area contributed by atoms with Gasteiger partial charge in [-0.3, -0.25) is 4.79 Å². The maximum atomic E-state index is 12.4.